The van der Waals surface area contributed by atoms with Crippen molar-refractivity contribution in [2.45, 2.75) is 10.6 Å². The fourth-order valence-corrected chi connectivity index (χ4v) is 3.47. The van der Waals surface area contributed by atoms with Crippen molar-refractivity contribution in [1.29, 1.82) is 0 Å². The Morgan fingerprint density at radius 3 is 2.29 bits per heavy atom. The van der Waals surface area contributed by atoms with E-state index in [-0.39, 0.29) is 16.5 Å². The second-order valence-corrected chi connectivity index (χ2v) is 8.27. The highest BCUT2D eigenvalue weighted by Crippen LogP contribution is 2.36. The molecule has 0 aliphatic rings. The fourth-order valence-electron chi connectivity index (χ4n) is 2.03. The largest absolute Gasteiger partial charge is 0.505 e. The van der Waals surface area contributed by atoms with Gasteiger partial charge in [-0.05, 0) is 23.1 Å². The van der Waals surface area contributed by atoms with Gasteiger partial charge in [0.25, 0.3) is 10.1 Å². The van der Waals surface area contributed by atoms with E-state index in [0.29, 0.717) is 5.56 Å². The summed E-state index contributed by atoms with van der Waals surface area (Å²) in [6.45, 7) is 0. The summed E-state index contributed by atoms with van der Waals surface area (Å²) in [5, 5.41) is 10.4. The molecule has 21 heavy (non-hydrogen) atoms. The van der Waals surface area contributed by atoms with Gasteiger partial charge in [0.2, 0.25) is 0 Å². The number of benzene rings is 2. The van der Waals surface area contributed by atoms with Gasteiger partial charge in [-0.15, -0.1) is 0 Å². The number of nitrogens with two attached hydrogens (primary N) is 1. The molecule has 4 N–H and O–H groups in total. The molecule has 0 aliphatic carbocycles. The van der Waals surface area contributed by atoms with Crippen molar-refractivity contribution in [3.05, 3.63) is 29.8 Å². The number of hydrogen-bond donors (Lipinski definition) is 3. The first-order valence-corrected chi connectivity index (χ1v) is 9.18. The summed E-state index contributed by atoms with van der Waals surface area (Å²) < 4.78 is 54.1. The molecule has 0 saturated heterocycles. The minimum absolute atomic E-state index is 0.227. The lowest BCUT2D eigenvalue weighted by atomic mass is 10.1. The molecule has 2 rings (SSSR count). The maximum atomic E-state index is 11.3. The Balaban J connectivity index is 2.76. The molecule has 2 aromatic carbocycles. The lowest BCUT2D eigenvalue weighted by Gasteiger charge is -2.10. The van der Waals surface area contributed by atoms with E-state index in [4.69, 9.17) is 10.3 Å². The van der Waals surface area contributed by atoms with Crippen LogP contribution in [0.5, 0.6) is 5.75 Å². The first kappa shape index (κ1) is 15.5. The molecule has 2 aromatic rings. The van der Waals surface area contributed by atoms with Gasteiger partial charge in [0.15, 0.2) is 9.84 Å². The van der Waals surface area contributed by atoms with Crippen molar-refractivity contribution in [2.24, 2.45) is 0 Å². The van der Waals surface area contributed by atoms with E-state index in [1.807, 2.05) is 0 Å². The van der Waals surface area contributed by atoms with Crippen molar-refractivity contribution < 1.29 is 26.5 Å². The van der Waals surface area contributed by atoms with E-state index in [1.54, 1.807) is 0 Å². The normalized spacial score (nSPS) is 12.7. The lowest BCUT2D eigenvalue weighted by molar-refractivity contribution is 0.473. The third-order valence-electron chi connectivity index (χ3n) is 2.89. The minimum Gasteiger partial charge on any atom is -0.505 e. The van der Waals surface area contributed by atoms with Crippen LogP contribution in [0.4, 0.5) is 5.69 Å². The van der Waals surface area contributed by atoms with Gasteiger partial charge >= 0.3 is 0 Å². The van der Waals surface area contributed by atoms with E-state index < -0.39 is 36.3 Å². The molecule has 0 aliphatic heterocycles. The van der Waals surface area contributed by atoms with Crippen LogP contribution in [-0.4, -0.2) is 32.8 Å². The van der Waals surface area contributed by atoms with E-state index in [9.17, 15) is 21.9 Å². The number of phenols is 1. The number of fused-ring (bicyclic) bond motifs is 1. The number of hydrogen-bond acceptors (Lipinski definition) is 6. The first-order valence-electron chi connectivity index (χ1n) is 5.68. The second-order valence-electron chi connectivity index (χ2n) is 4.74. The summed E-state index contributed by atoms with van der Waals surface area (Å²) in [7, 11) is -7.86. The van der Waals surface area contributed by atoms with E-state index >= 15 is 0 Å². The van der Waals surface area contributed by atoms with Crippen LogP contribution in [-0.2, 0) is 25.7 Å². The molecule has 0 radical (unpaired) electrons. The summed E-state index contributed by atoms with van der Waals surface area (Å²) in [5.41, 5.74) is 5.46. The van der Waals surface area contributed by atoms with Crippen LogP contribution in [0.25, 0.3) is 10.8 Å². The molecular weight excluding hydrogens is 318 g/mol. The van der Waals surface area contributed by atoms with Crippen molar-refractivity contribution in [1.82, 2.24) is 0 Å². The summed E-state index contributed by atoms with van der Waals surface area (Å²) in [5.74, 6) is -0.707. The van der Waals surface area contributed by atoms with Crippen LogP contribution < -0.4 is 5.73 Å². The third kappa shape index (κ3) is 3.26. The van der Waals surface area contributed by atoms with Crippen LogP contribution in [0, 0.1) is 0 Å². The Morgan fingerprint density at radius 1 is 1.14 bits per heavy atom. The van der Waals surface area contributed by atoms with Crippen molar-refractivity contribution in [2.75, 3.05) is 12.0 Å². The molecule has 7 nitrogen and oxygen atoms in total. The summed E-state index contributed by atoms with van der Waals surface area (Å²) >= 11 is 0. The van der Waals surface area contributed by atoms with Gasteiger partial charge < -0.3 is 10.8 Å². The summed E-state index contributed by atoms with van der Waals surface area (Å²) in [4.78, 5) is -0.621. The van der Waals surface area contributed by atoms with E-state index in [0.717, 1.165) is 12.3 Å². The van der Waals surface area contributed by atoms with Crippen LogP contribution in [0.2, 0.25) is 0 Å². The average Bonchev–Trinajstić information content (AvgIpc) is 2.30. The lowest BCUT2D eigenvalue weighted by Crippen LogP contribution is -2.04. The predicted octanol–water partition coefficient (Wildman–Crippen LogP) is 0.919. The maximum absolute atomic E-state index is 11.3. The van der Waals surface area contributed by atoms with Crippen molar-refractivity contribution >= 4 is 36.4 Å². The van der Waals surface area contributed by atoms with E-state index in [1.165, 1.54) is 18.2 Å². The highest BCUT2D eigenvalue weighted by atomic mass is 32.2. The van der Waals surface area contributed by atoms with Gasteiger partial charge in [0.1, 0.15) is 10.6 Å². The van der Waals surface area contributed by atoms with Crippen molar-refractivity contribution in [3.63, 3.8) is 0 Å². The fraction of sp³-hybridized carbons (Fsp3) is 0.167. The van der Waals surface area contributed by atoms with Gasteiger partial charge in [-0.3, -0.25) is 4.55 Å². The Kier molecular flexibility index (Phi) is 3.60. The molecule has 0 saturated carbocycles. The van der Waals surface area contributed by atoms with Gasteiger partial charge in [-0.25, -0.2) is 8.42 Å². The van der Waals surface area contributed by atoms with Crippen molar-refractivity contribution in [3.8, 4) is 5.75 Å². The highest BCUT2D eigenvalue weighted by molar-refractivity contribution is 7.89. The number of anilines is 1. The molecule has 9 heteroatoms. The summed E-state index contributed by atoms with van der Waals surface area (Å²) in [6.07, 6.45) is 1.07. The Morgan fingerprint density at radius 2 is 1.76 bits per heavy atom. The molecule has 0 heterocycles. The highest BCUT2D eigenvalue weighted by Gasteiger charge is 2.19. The molecule has 114 valence electrons. The molecule has 0 atom stereocenters. The quantitative estimate of drug-likeness (QED) is 0.432. The maximum Gasteiger partial charge on any atom is 0.296 e. The Hall–Kier alpha value is -1.84. The molecule has 0 unspecified atom stereocenters. The topological polar surface area (TPSA) is 135 Å². The number of phenolic OH excluding ortho intramolecular Hbond substituents is 1. The second kappa shape index (κ2) is 4.86. The van der Waals surface area contributed by atoms with Gasteiger partial charge in [0.05, 0.1) is 11.4 Å². The van der Waals surface area contributed by atoms with Gasteiger partial charge in [-0.1, -0.05) is 12.1 Å². The minimum atomic E-state index is -4.60. The summed E-state index contributed by atoms with van der Waals surface area (Å²) in [6, 6.07) is 5.45. The molecule has 0 amide bonds. The third-order valence-corrected chi connectivity index (χ3v) is 4.64. The zero-order chi connectivity index (χ0) is 16.0. The SMILES string of the molecule is CS(=O)(=O)Cc1ccc2c(O)c(N)c(S(=O)(=O)O)cc2c1. The van der Waals surface area contributed by atoms with Crippen LogP contribution >= 0.6 is 0 Å². The number of aromatic hydroxyl groups is 1. The zero-order valence-electron chi connectivity index (χ0n) is 10.9. The van der Waals surface area contributed by atoms with Crippen LogP contribution in [0.15, 0.2) is 29.2 Å². The van der Waals surface area contributed by atoms with Gasteiger partial charge in [-0.2, -0.15) is 8.42 Å². The van der Waals surface area contributed by atoms with Gasteiger partial charge in [0, 0.05) is 11.6 Å². The molecule has 0 fully saturated rings. The molecule has 0 spiro atoms. The van der Waals surface area contributed by atoms with Crippen LogP contribution in [0.3, 0.4) is 0 Å². The monoisotopic (exact) mass is 331 g/mol. The smallest absolute Gasteiger partial charge is 0.296 e. The Bertz CT molecular complexity index is 932. The number of sulfone groups is 1. The molecule has 0 bridgehead atoms. The number of rotatable bonds is 3. The first-order chi connectivity index (χ1) is 9.49. The standard InChI is InChI=1S/C12H13NO6S2/c1-20(15,16)6-7-2-3-9-8(4-7)5-10(21(17,18)19)11(13)12(9)14/h2-5,14H,6,13H2,1H3,(H,17,18,19). The van der Waals surface area contributed by atoms with Crippen LogP contribution in [0.1, 0.15) is 5.56 Å². The average molecular weight is 331 g/mol. The van der Waals surface area contributed by atoms with E-state index in [2.05, 4.69) is 0 Å². The number of nitrogen functional groups attached to an aromatic ring is 1. The predicted molar refractivity (Wildman–Crippen MR) is 78.4 cm³/mol. The molecule has 0 aromatic heterocycles. The zero-order valence-corrected chi connectivity index (χ0v) is 12.6. The molecular formula is C12H13NO6S2. The Labute approximate surface area is 121 Å².